The minimum Gasteiger partial charge on any atom is -0.333 e. The highest BCUT2D eigenvalue weighted by Crippen LogP contribution is 2.06. The third kappa shape index (κ3) is 2.67. The lowest BCUT2D eigenvalue weighted by Crippen LogP contribution is -2.05. The fourth-order valence-corrected chi connectivity index (χ4v) is 1.57. The summed E-state index contributed by atoms with van der Waals surface area (Å²) in [6, 6.07) is 6.52. The lowest BCUT2D eigenvalue weighted by atomic mass is 10.2. The van der Waals surface area contributed by atoms with Crippen molar-refractivity contribution in [2.45, 2.75) is 13.1 Å². The van der Waals surface area contributed by atoms with Gasteiger partial charge < -0.3 is 9.88 Å². The summed E-state index contributed by atoms with van der Waals surface area (Å²) in [6.45, 7) is 1.48. The van der Waals surface area contributed by atoms with Crippen LogP contribution in [0.4, 0.5) is 4.39 Å². The molecule has 0 aliphatic carbocycles. The third-order valence-electron chi connectivity index (χ3n) is 2.32. The molecule has 1 aromatic heterocycles. The average Bonchev–Trinajstić information content (AvgIpc) is 2.70. The summed E-state index contributed by atoms with van der Waals surface area (Å²) in [7, 11) is 1.89. The first-order valence-corrected chi connectivity index (χ1v) is 5.17. The molecule has 0 atom stereocenters. The standard InChI is InChI=1S/C12H14FN3/c1-14-6-12-8-16(9-15-12)7-10-2-4-11(13)5-3-10/h2-5,8-9,14H,6-7H2,1H3. The van der Waals surface area contributed by atoms with Gasteiger partial charge in [0.05, 0.1) is 12.0 Å². The molecule has 0 amide bonds. The van der Waals surface area contributed by atoms with Crippen LogP contribution in [0.5, 0.6) is 0 Å². The molecule has 1 N–H and O–H groups in total. The van der Waals surface area contributed by atoms with Gasteiger partial charge in [-0.05, 0) is 24.7 Å². The molecule has 0 fully saturated rings. The van der Waals surface area contributed by atoms with Crippen molar-refractivity contribution in [3.8, 4) is 0 Å². The second kappa shape index (κ2) is 4.90. The lowest BCUT2D eigenvalue weighted by Gasteiger charge is -2.01. The summed E-state index contributed by atoms with van der Waals surface area (Å²) in [6.07, 6.45) is 3.77. The summed E-state index contributed by atoms with van der Waals surface area (Å²) >= 11 is 0. The molecule has 16 heavy (non-hydrogen) atoms. The zero-order valence-corrected chi connectivity index (χ0v) is 9.15. The van der Waals surface area contributed by atoms with Gasteiger partial charge in [-0.15, -0.1) is 0 Å². The van der Waals surface area contributed by atoms with Gasteiger partial charge in [-0.2, -0.15) is 0 Å². The van der Waals surface area contributed by atoms with E-state index in [2.05, 4.69) is 10.3 Å². The molecule has 1 aromatic carbocycles. The summed E-state index contributed by atoms with van der Waals surface area (Å²) in [5.41, 5.74) is 2.07. The number of halogens is 1. The molecule has 2 rings (SSSR count). The molecule has 0 aliphatic heterocycles. The van der Waals surface area contributed by atoms with Crippen molar-refractivity contribution in [3.05, 3.63) is 53.9 Å². The predicted octanol–water partition coefficient (Wildman–Crippen LogP) is 1.79. The molecule has 4 heteroatoms. The van der Waals surface area contributed by atoms with E-state index in [4.69, 9.17) is 0 Å². The van der Waals surface area contributed by atoms with Gasteiger partial charge in [0, 0.05) is 19.3 Å². The maximum Gasteiger partial charge on any atom is 0.123 e. The number of hydrogen-bond donors (Lipinski definition) is 1. The fraction of sp³-hybridized carbons (Fsp3) is 0.250. The first-order chi connectivity index (χ1) is 7.78. The third-order valence-corrected chi connectivity index (χ3v) is 2.32. The SMILES string of the molecule is CNCc1cn(Cc2ccc(F)cc2)cn1. The number of hydrogen-bond acceptors (Lipinski definition) is 2. The number of nitrogens with zero attached hydrogens (tertiary/aromatic N) is 2. The number of rotatable bonds is 4. The van der Waals surface area contributed by atoms with Crippen LogP contribution in [0.1, 0.15) is 11.3 Å². The fourth-order valence-electron chi connectivity index (χ4n) is 1.57. The molecule has 2 aromatic rings. The minimum absolute atomic E-state index is 0.203. The van der Waals surface area contributed by atoms with Gasteiger partial charge in [0.2, 0.25) is 0 Å². The van der Waals surface area contributed by atoms with E-state index in [1.165, 1.54) is 12.1 Å². The molecule has 0 unspecified atom stereocenters. The van der Waals surface area contributed by atoms with Crippen molar-refractivity contribution in [2.75, 3.05) is 7.05 Å². The zero-order chi connectivity index (χ0) is 11.4. The summed E-state index contributed by atoms with van der Waals surface area (Å²) in [5.74, 6) is -0.203. The van der Waals surface area contributed by atoms with Crippen LogP contribution in [-0.4, -0.2) is 16.6 Å². The Hall–Kier alpha value is -1.68. The Bertz CT molecular complexity index is 448. The maximum atomic E-state index is 12.7. The Morgan fingerprint density at radius 3 is 2.75 bits per heavy atom. The monoisotopic (exact) mass is 219 g/mol. The summed E-state index contributed by atoms with van der Waals surface area (Å²) in [5, 5.41) is 3.04. The van der Waals surface area contributed by atoms with E-state index in [1.54, 1.807) is 18.5 Å². The van der Waals surface area contributed by atoms with Gasteiger partial charge in [0.15, 0.2) is 0 Å². The first kappa shape index (κ1) is 10.8. The smallest absolute Gasteiger partial charge is 0.123 e. The molecule has 0 aliphatic rings. The average molecular weight is 219 g/mol. The molecule has 0 spiro atoms. The normalized spacial score (nSPS) is 10.6. The van der Waals surface area contributed by atoms with E-state index in [0.717, 1.165) is 24.3 Å². The van der Waals surface area contributed by atoms with Crippen molar-refractivity contribution in [3.63, 3.8) is 0 Å². The highest BCUT2D eigenvalue weighted by Gasteiger charge is 1.99. The van der Waals surface area contributed by atoms with Crippen molar-refractivity contribution in [2.24, 2.45) is 0 Å². The van der Waals surface area contributed by atoms with E-state index < -0.39 is 0 Å². The van der Waals surface area contributed by atoms with E-state index in [-0.39, 0.29) is 5.82 Å². The molecule has 3 nitrogen and oxygen atoms in total. The molecule has 0 radical (unpaired) electrons. The Morgan fingerprint density at radius 1 is 1.31 bits per heavy atom. The molecule has 84 valence electrons. The van der Waals surface area contributed by atoms with E-state index in [0.29, 0.717) is 0 Å². The number of nitrogens with one attached hydrogen (secondary N) is 1. The lowest BCUT2D eigenvalue weighted by molar-refractivity contribution is 0.626. The summed E-state index contributed by atoms with van der Waals surface area (Å²) in [4.78, 5) is 4.25. The second-order valence-corrected chi connectivity index (χ2v) is 3.69. The highest BCUT2D eigenvalue weighted by atomic mass is 19.1. The summed E-state index contributed by atoms with van der Waals surface area (Å²) < 4.78 is 14.7. The quantitative estimate of drug-likeness (QED) is 0.849. The van der Waals surface area contributed by atoms with Crippen LogP contribution in [0.15, 0.2) is 36.8 Å². The van der Waals surface area contributed by atoms with Gasteiger partial charge in [-0.3, -0.25) is 0 Å². The molecule has 0 bridgehead atoms. The number of imidazole rings is 1. The molecule has 0 saturated heterocycles. The van der Waals surface area contributed by atoms with E-state index >= 15 is 0 Å². The molecular formula is C12H14FN3. The minimum atomic E-state index is -0.203. The Morgan fingerprint density at radius 2 is 2.06 bits per heavy atom. The number of benzene rings is 1. The number of aromatic nitrogens is 2. The second-order valence-electron chi connectivity index (χ2n) is 3.69. The van der Waals surface area contributed by atoms with Gasteiger partial charge in [-0.25, -0.2) is 9.37 Å². The van der Waals surface area contributed by atoms with Crippen LogP contribution in [-0.2, 0) is 13.1 Å². The predicted molar refractivity (Wildman–Crippen MR) is 60.5 cm³/mol. The van der Waals surface area contributed by atoms with Gasteiger partial charge in [-0.1, -0.05) is 12.1 Å². The molecular weight excluding hydrogens is 205 g/mol. The molecule has 1 heterocycles. The van der Waals surface area contributed by atoms with E-state index in [1.807, 2.05) is 17.8 Å². The van der Waals surface area contributed by atoms with Crippen molar-refractivity contribution < 1.29 is 4.39 Å². The Kier molecular flexibility index (Phi) is 3.31. The van der Waals surface area contributed by atoms with Crippen molar-refractivity contribution in [1.82, 2.24) is 14.9 Å². The maximum absolute atomic E-state index is 12.7. The van der Waals surface area contributed by atoms with Crippen molar-refractivity contribution in [1.29, 1.82) is 0 Å². The Balaban J connectivity index is 2.05. The van der Waals surface area contributed by atoms with Gasteiger partial charge in [0.25, 0.3) is 0 Å². The van der Waals surface area contributed by atoms with Crippen LogP contribution >= 0.6 is 0 Å². The van der Waals surface area contributed by atoms with Crippen LogP contribution < -0.4 is 5.32 Å². The van der Waals surface area contributed by atoms with Crippen molar-refractivity contribution >= 4 is 0 Å². The van der Waals surface area contributed by atoms with Gasteiger partial charge in [0.1, 0.15) is 5.82 Å². The van der Waals surface area contributed by atoms with Crippen LogP contribution in [0, 0.1) is 5.82 Å². The zero-order valence-electron chi connectivity index (χ0n) is 9.15. The van der Waals surface area contributed by atoms with Crippen LogP contribution in [0.25, 0.3) is 0 Å². The molecule has 0 saturated carbocycles. The topological polar surface area (TPSA) is 29.9 Å². The van der Waals surface area contributed by atoms with E-state index in [9.17, 15) is 4.39 Å². The Labute approximate surface area is 93.9 Å². The first-order valence-electron chi connectivity index (χ1n) is 5.17. The van der Waals surface area contributed by atoms with Gasteiger partial charge >= 0.3 is 0 Å². The van der Waals surface area contributed by atoms with Crippen LogP contribution in [0.3, 0.4) is 0 Å². The largest absolute Gasteiger partial charge is 0.333 e. The van der Waals surface area contributed by atoms with Crippen LogP contribution in [0.2, 0.25) is 0 Å². The highest BCUT2D eigenvalue weighted by molar-refractivity contribution is 5.16.